The zero-order valence-corrected chi connectivity index (χ0v) is 10.9. The molecular formula is C13H17Cl2N. The first kappa shape index (κ1) is 12.2. The van der Waals surface area contributed by atoms with Crippen molar-refractivity contribution in [3.05, 3.63) is 33.8 Å². The predicted molar refractivity (Wildman–Crippen MR) is 70.0 cm³/mol. The van der Waals surface area contributed by atoms with Crippen molar-refractivity contribution in [1.82, 2.24) is 0 Å². The Hall–Kier alpha value is -0.240. The number of rotatable bonds is 2. The van der Waals surface area contributed by atoms with Crippen LogP contribution in [0, 0.1) is 11.8 Å². The van der Waals surface area contributed by atoms with E-state index in [0.717, 1.165) is 28.5 Å². The molecule has 16 heavy (non-hydrogen) atoms. The molecule has 3 unspecified atom stereocenters. The van der Waals surface area contributed by atoms with E-state index in [4.69, 9.17) is 28.9 Å². The summed E-state index contributed by atoms with van der Waals surface area (Å²) in [7, 11) is 0. The summed E-state index contributed by atoms with van der Waals surface area (Å²) < 4.78 is 0. The van der Waals surface area contributed by atoms with E-state index in [0.29, 0.717) is 17.9 Å². The fourth-order valence-electron chi connectivity index (χ4n) is 2.56. The van der Waals surface area contributed by atoms with Crippen molar-refractivity contribution in [2.75, 3.05) is 0 Å². The van der Waals surface area contributed by atoms with Gasteiger partial charge in [0.25, 0.3) is 0 Å². The standard InChI is InChI=1S/C13H17Cl2N/c1-8-9(5-6-13(8)16)7-10-11(14)3-2-4-12(10)15/h2-4,8-9,13H,5-7,16H2,1H3. The average Bonchev–Trinajstić information content (AvgIpc) is 2.55. The summed E-state index contributed by atoms with van der Waals surface area (Å²) in [4.78, 5) is 0. The van der Waals surface area contributed by atoms with Gasteiger partial charge in [0.2, 0.25) is 0 Å². The van der Waals surface area contributed by atoms with E-state index in [1.54, 1.807) is 0 Å². The summed E-state index contributed by atoms with van der Waals surface area (Å²) in [5.74, 6) is 1.18. The molecule has 1 aliphatic carbocycles. The molecule has 0 saturated heterocycles. The maximum Gasteiger partial charge on any atom is 0.0452 e. The highest BCUT2D eigenvalue weighted by Crippen LogP contribution is 2.36. The second-order valence-electron chi connectivity index (χ2n) is 4.76. The number of halogens is 2. The lowest BCUT2D eigenvalue weighted by atomic mass is 9.90. The minimum Gasteiger partial charge on any atom is -0.327 e. The average molecular weight is 258 g/mol. The van der Waals surface area contributed by atoms with Crippen LogP contribution in [0.1, 0.15) is 25.3 Å². The summed E-state index contributed by atoms with van der Waals surface area (Å²) in [5, 5.41) is 1.56. The number of hydrogen-bond donors (Lipinski definition) is 1. The van der Waals surface area contributed by atoms with Crippen molar-refractivity contribution in [2.24, 2.45) is 17.6 Å². The molecule has 0 bridgehead atoms. The number of benzene rings is 1. The SMILES string of the molecule is CC1C(N)CCC1Cc1c(Cl)cccc1Cl. The highest BCUT2D eigenvalue weighted by Gasteiger charge is 2.30. The van der Waals surface area contributed by atoms with Gasteiger partial charge in [0.15, 0.2) is 0 Å². The molecule has 0 amide bonds. The Morgan fingerprint density at radius 1 is 1.25 bits per heavy atom. The van der Waals surface area contributed by atoms with Crippen molar-refractivity contribution in [3.8, 4) is 0 Å². The van der Waals surface area contributed by atoms with Gasteiger partial charge in [0, 0.05) is 16.1 Å². The quantitative estimate of drug-likeness (QED) is 0.855. The number of nitrogens with two attached hydrogens (primary N) is 1. The molecule has 88 valence electrons. The second-order valence-corrected chi connectivity index (χ2v) is 5.58. The molecule has 1 fully saturated rings. The molecule has 0 radical (unpaired) electrons. The zero-order valence-electron chi connectivity index (χ0n) is 9.42. The van der Waals surface area contributed by atoms with Crippen molar-refractivity contribution >= 4 is 23.2 Å². The van der Waals surface area contributed by atoms with Gasteiger partial charge in [-0.2, -0.15) is 0 Å². The zero-order chi connectivity index (χ0) is 11.7. The molecule has 0 heterocycles. The van der Waals surface area contributed by atoms with E-state index >= 15 is 0 Å². The van der Waals surface area contributed by atoms with Gasteiger partial charge in [-0.15, -0.1) is 0 Å². The Balaban J connectivity index is 2.15. The third kappa shape index (κ3) is 2.37. The normalized spacial score (nSPS) is 29.6. The van der Waals surface area contributed by atoms with Crippen molar-refractivity contribution < 1.29 is 0 Å². The van der Waals surface area contributed by atoms with Crippen LogP contribution in [0.4, 0.5) is 0 Å². The van der Waals surface area contributed by atoms with Gasteiger partial charge in [0.05, 0.1) is 0 Å². The fourth-order valence-corrected chi connectivity index (χ4v) is 3.11. The Morgan fingerprint density at radius 2 is 1.88 bits per heavy atom. The molecule has 1 aromatic carbocycles. The summed E-state index contributed by atoms with van der Waals surface area (Å²) in [6.45, 7) is 2.23. The summed E-state index contributed by atoms with van der Waals surface area (Å²) in [5.41, 5.74) is 7.11. The highest BCUT2D eigenvalue weighted by atomic mass is 35.5. The van der Waals surface area contributed by atoms with E-state index in [2.05, 4.69) is 6.92 Å². The predicted octanol–water partition coefficient (Wildman–Crippen LogP) is 3.91. The van der Waals surface area contributed by atoms with Crippen molar-refractivity contribution in [1.29, 1.82) is 0 Å². The molecule has 1 aliphatic rings. The topological polar surface area (TPSA) is 26.0 Å². The van der Waals surface area contributed by atoms with Gasteiger partial charge in [-0.1, -0.05) is 36.2 Å². The van der Waals surface area contributed by atoms with Crippen LogP contribution in [-0.2, 0) is 6.42 Å². The van der Waals surface area contributed by atoms with Crippen LogP contribution in [0.3, 0.4) is 0 Å². The van der Waals surface area contributed by atoms with E-state index in [-0.39, 0.29) is 0 Å². The van der Waals surface area contributed by atoms with Crippen LogP contribution in [0.15, 0.2) is 18.2 Å². The van der Waals surface area contributed by atoms with Crippen LogP contribution in [-0.4, -0.2) is 6.04 Å². The van der Waals surface area contributed by atoms with Gasteiger partial charge in [0.1, 0.15) is 0 Å². The Labute approximate surface area is 107 Å². The number of hydrogen-bond acceptors (Lipinski definition) is 1. The van der Waals surface area contributed by atoms with E-state index in [1.165, 1.54) is 6.42 Å². The summed E-state index contributed by atoms with van der Waals surface area (Å²) in [6, 6.07) is 6.04. The lowest BCUT2D eigenvalue weighted by Crippen LogP contribution is -2.25. The molecule has 1 saturated carbocycles. The summed E-state index contributed by atoms with van der Waals surface area (Å²) in [6.07, 6.45) is 3.26. The van der Waals surface area contributed by atoms with Gasteiger partial charge in [-0.3, -0.25) is 0 Å². The van der Waals surface area contributed by atoms with Gasteiger partial charge >= 0.3 is 0 Å². The molecule has 1 aromatic rings. The van der Waals surface area contributed by atoms with Crippen LogP contribution >= 0.6 is 23.2 Å². The molecule has 0 aliphatic heterocycles. The fraction of sp³-hybridized carbons (Fsp3) is 0.538. The third-order valence-corrected chi connectivity index (χ3v) is 4.53. The molecule has 2 N–H and O–H groups in total. The van der Waals surface area contributed by atoms with Crippen molar-refractivity contribution in [3.63, 3.8) is 0 Å². The molecular weight excluding hydrogens is 241 g/mol. The lowest BCUT2D eigenvalue weighted by Gasteiger charge is -2.19. The molecule has 2 rings (SSSR count). The van der Waals surface area contributed by atoms with E-state index < -0.39 is 0 Å². The monoisotopic (exact) mass is 257 g/mol. The van der Waals surface area contributed by atoms with Crippen LogP contribution < -0.4 is 5.73 Å². The minimum absolute atomic E-state index is 0.339. The largest absolute Gasteiger partial charge is 0.327 e. The van der Waals surface area contributed by atoms with Gasteiger partial charge < -0.3 is 5.73 Å². The van der Waals surface area contributed by atoms with E-state index in [9.17, 15) is 0 Å². The third-order valence-electron chi connectivity index (χ3n) is 3.82. The summed E-state index contributed by atoms with van der Waals surface area (Å²) >= 11 is 12.4. The van der Waals surface area contributed by atoms with E-state index in [1.807, 2.05) is 18.2 Å². The molecule has 1 nitrogen and oxygen atoms in total. The Kier molecular flexibility index (Phi) is 3.78. The van der Waals surface area contributed by atoms with Crippen LogP contribution in [0.25, 0.3) is 0 Å². The maximum absolute atomic E-state index is 6.18. The van der Waals surface area contributed by atoms with Gasteiger partial charge in [-0.05, 0) is 48.8 Å². The first-order valence-corrected chi connectivity index (χ1v) is 6.53. The maximum atomic E-state index is 6.18. The Bertz CT molecular complexity index is 358. The van der Waals surface area contributed by atoms with Crippen LogP contribution in [0.2, 0.25) is 10.0 Å². The van der Waals surface area contributed by atoms with Crippen LogP contribution in [0.5, 0.6) is 0 Å². The first-order chi connectivity index (χ1) is 7.59. The minimum atomic E-state index is 0.339. The molecule has 0 spiro atoms. The van der Waals surface area contributed by atoms with Gasteiger partial charge in [-0.25, -0.2) is 0 Å². The second kappa shape index (κ2) is 4.95. The highest BCUT2D eigenvalue weighted by molar-refractivity contribution is 6.35. The molecule has 0 aromatic heterocycles. The first-order valence-electron chi connectivity index (χ1n) is 5.78. The van der Waals surface area contributed by atoms with Crippen molar-refractivity contribution in [2.45, 2.75) is 32.2 Å². The smallest absolute Gasteiger partial charge is 0.0452 e. The molecule has 3 heteroatoms. The molecule has 3 atom stereocenters. The Morgan fingerprint density at radius 3 is 2.38 bits per heavy atom. The lowest BCUT2D eigenvalue weighted by molar-refractivity contribution is 0.390.